The molecule has 0 spiro atoms. The Morgan fingerprint density at radius 2 is 1.57 bits per heavy atom. The van der Waals surface area contributed by atoms with E-state index in [1.165, 1.54) is 4.90 Å². The molecule has 2 aromatic carbocycles. The van der Waals surface area contributed by atoms with Crippen molar-refractivity contribution in [3.63, 3.8) is 0 Å². The number of carbonyl (C=O) groups is 2. The number of anilines is 1. The summed E-state index contributed by atoms with van der Waals surface area (Å²) in [6.45, 7) is 0.107. The minimum absolute atomic E-state index is 0.107. The molecule has 1 aliphatic rings. The third kappa shape index (κ3) is 3.52. The number of hydrogen-bond donors (Lipinski definition) is 1. The fourth-order valence-corrected chi connectivity index (χ4v) is 3.17. The summed E-state index contributed by atoms with van der Waals surface area (Å²) in [7, 11) is 0. The third-order valence-electron chi connectivity index (χ3n) is 4.39. The zero-order chi connectivity index (χ0) is 19.5. The highest BCUT2D eigenvalue weighted by molar-refractivity contribution is 6.36. The van der Waals surface area contributed by atoms with Crippen molar-refractivity contribution in [3.8, 4) is 0 Å². The van der Waals surface area contributed by atoms with E-state index >= 15 is 0 Å². The Bertz CT molecular complexity index is 1050. The summed E-state index contributed by atoms with van der Waals surface area (Å²) >= 11 is 5.98. The Labute approximate surface area is 167 Å². The lowest BCUT2D eigenvalue weighted by Gasteiger charge is -2.14. The van der Waals surface area contributed by atoms with Crippen molar-refractivity contribution in [2.75, 3.05) is 5.32 Å². The van der Waals surface area contributed by atoms with Gasteiger partial charge in [0, 0.05) is 16.9 Å². The standard InChI is InChI=1S/C22H16ClN3O2/c23-16-11-9-15(10-12-16)19-20(25-17-6-2-1-3-7-17)22(28)26(21(19)27)14-18-8-4-5-13-24-18/h1-13,25H,14H2. The van der Waals surface area contributed by atoms with Crippen LogP contribution in [0.1, 0.15) is 11.3 Å². The first kappa shape index (κ1) is 17.9. The Morgan fingerprint density at radius 1 is 0.857 bits per heavy atom. The number of carbonyl (C=O) groups excluding carboxylic acids is 2. The molecule has 1 N–H and O–H groups in total. The summed E-state index contributed by atoms with van der Waals surface area (Å²) in [5.74, 6) is -0.749. The maximum Gasteiger partial charge on any atom is 0.278 e. The van der Waals surface area contributed by atoms with Crippen LogP contribution in [0.25, 0.3) is 5.57 Å². The zero-order valence-electron chi connectivity index (χ0n) is 14.8. The molecule has 0 atom stereocenters. The number of amides is 2. The Hall–Kier alpha value is -3.44. The van der Waals surface area contributed by atoms with Gasteiger partial charge in [-0.05, 0) is 42.0 Å². The van der Waals surface area contributed by atoms with Gasteiger partial charge in [-0.3, -0.25) is 19.5 Å². The molecule has 2 amide bonds. The molecule has 0 radical (unpaired) electrons. The van der Waals surface area contributed by atoms with Gasteiger partial charge in [-0.15, -0.1) is 0 Å². The number of nitrogens with zero attached hydrogens (tertiary/aromatic N) is 2. The second kappa shape index (κ2) is 7.66. The van der Waals surface area contributed by atoms with Crippen molar-refractivity contribution in [1.29, 1.82) is 0 Å². The molecule has 5 nitrogen and oxygen atoms in total. The molecule has 0 fully saturated rings. The minimum atomic E-state index is -0.385. The van der Waals surface area contributed by atoms with Crippen LogP contribution in [-0.4, -0.2) is 21.7 Å². The average molecular weight is 390 g/mol. The molecule has 1 aliphatic heterocycles. The molecule has 138 valence electrons. The highest BCUT2D eigenvalue weighted by Crippen LogP contribution is 2.31. The van der Waals surface area contributed by atoms with E-state index in [4.69, 9.17) is 11.6 Å². The van der Waals surface area contributed by atoms with Crippen LogP contribution < -0.4 is 5.32 Å². The molecule has 28 heavy (non-hydrogen) atoms. The quantitative estimate of drug-likeness (QED) is 0.666. The van der Waals surface area contributed by atoms with Crippen LogP contribution >= 0.6 is 11.6 Å². The van der Waals surface area contributed by atoms with Gasteiger partial charge in [0.25, 0.3) is 11.8 Å². The number of nitrogens with one attached hydrogen (secondary N) is 1. The van der Waals surface area contributed by atoms with Crippen molar-refractivity contribution >= 4 is 34.7 Å². The first-order valence-corrected chi connectivity index (χ1v) is 9.09. The van der Waals surface area contributed by atoms with E-state index in [0.717, 1.165) is 5.69 Å². The molecule has 0 saturated carbocycles. The largest absolute Gasteiger partial charge is 0.350 e. The van der Waals surface area contributed by atoms with E-state index < -0.39 is 0 Å². The van der Waals surface area contributed by atoms with Crippen molar-refractivity contribution in [1.82, 2.24) is 9.88 Å². The van der Waals surface area contributed by atoms with Gasteiger partial charge in [0.15, 0.2) is 0 Å². The third-order valence-corrected chi connectivity index (χ3v) is 4.64. The molecule has 0 bridgehead atoms. The molecule has 0 aliphatic carbocycles. The molecule has 4 rings (SSSR count). The number of imide groups is 1. The topological polar surface area (TPSA) is 62.3 Å². The Kier molecular flexibility index (Phi) is 4.91. The van der Waals surface area contributed by atoms with E-state index in [2.05, 4.69) is 10.3 Å². The zero-order valence-corrected chi connectivity index (χ0v) is 15.6. The number of pyridine rings is 1. The summed E-state index contributed by atoms with van der Waals surface area (Å²) in [6.07, 6.45) is 1.64. The van der Waals surface area contributed by atoms with Crippen molar-refractivity contribution in [2.45, 2.75) is 6.54 Å². The molecule has 3 aromatic rings. The van der Waals surface area contributed by atoms with Gasteiger partial charge in [0.2, 0.25) is 0 Å². The molecule has 0 saturated heterocycles. The van der Waals surface area contributed by atoms with Crippen LogP contribution in [-0.2, 0) is 16.1 Å². The lowest BCUT2D eigenvalue weighted by molar-refractivity contribution is -0.137. The van der Waals surface area contributed by atoms with E-state index in [9.17, 15) is 9.59 Å². The molecule has 0 unspecified atom stereocenters. The van der Waals surface area contributed by atoms with Crippen molar-refractivity contribution in [2.24, 2.45) is 0 Å². The first-order chi connectivity index (χ1) is 13.6. The van der Waals surface area contributed by atoms with Gasteiger partial charge >= 0.3 is 0 Å². The number of para-hydroxylation sites is 1. The lowest BCUT2D eigenvalue weighted by Crippen LogP contribution is -2.32. The highest BCUT2D eigenvalue weighted by atomic mass is 35.5. The molecule has 2 heterocycles. The number of halogens is 1. The minimum Gasteiger partial charge on any atom is -0.350 e. The predicted molar refractivity (Wildman–Crippen MR) is 108 cm³/mol. The number of hydrogen-bond acceptors (Lipinski definition) is 4. The average Bonchev–Trinajstić information content (AvgIpc) is 2.95. The van der Waals surface area contributed by atoms with Crippen LogP contribution in [0.15, 0.2) is 84.7 Å². The van der Waals surface area contributed by atoms with Crippen LogP contribution in [0.2, 0.25) is 5.02 Å². The van der Waals surface area contributed by atoms with Gasteiger partial charge in [-0.2, -0.15) is 0 Å². The van der Waals surface area contributed by atoms with Crippen molar-refractivity contribution in [3.05, 3.63) is 101 Å². The predicted octanol–water partition coefficient (Wildman–Crippen LogP) is 4.13. The van der Waals surface area contributed by atoms with Gasteiger partial charge in [0.1, 0.15) is 5.70 Å². The van der Waals surface area contributed by atoms with Crippen LogP contribution in [0.5, 0.6) is 0 Å². The fraction of sp³-hybridized carbons (Fsp3) is 0.0455. The molecular weight excluding hydrogens is 374 g/mol. The normalized spacial score (nSPS) is 14.0. The number of rotatable bonds is 5. The Balaban J connectivity index is 1.74. The SMILES string of the molecule is O=C1C(Nc2ccccc2)=C(c2ccc(Cl)cc2)C(=O)N1Cc1ccccn1. The first-order valence-electron chi connectivity index (χ1n) is 8.72. The van der Waals surface area contributed by atoms with Crippen LogP contribution in [0.3, 0.4) is 0 Å². The van der Waals surface area contributed by atoms with Gasteiger partial charge in [-0.1, -0.05) is 48.0 Å². The van der Waals surface area contributed by atoms with E-state index in [1.807, 2.05) is 36.4 Å². The van der Waals surface area contributed by atoms with E-state index in [0.29, 0.717) is 21.9 Å². The summed E-state index contributed by atoms with van der Waals surface area (Å²) in [5, 5.41) is 3.67. The van der Waals surface area contributed by atoms with Crippen molar-refractivity contribution < 1.29 is 9.59 Å². The van der Waals surface area contributed by atoms with E-state index in [1.54, 1.807) is 42.6 Å². The van der Waals surface area contributed by atoms with Gasteiger partial charge in [0.05, 0.1) is 17.8 Å². The maximum atomic E-state index is 13.2. The summed E-state index contributed by atoms with van der Waals surface area (Å²) in [6, 6.07) is 21.5. The highest BCUT2D eigenvalue weighted by Gasteiger charge is 2.39. The second-order valence-corrected chi connectivity index (χ2v) is 6.70. The molecule has 1 aromatic heterocycles. The maximum absolute atomic E-state index is 13.2. The fourth-order valence-electron chi connectivity index (χ4n) is 3.04. The smallest absolute Gasteiger partial charge is 0.278 e. The molecular formula is C22H16ClN3O2. The Morgan fingerprint density at radius 3 is 2.25 bits per heavy atom. The summed E-state index contributed by atoms with van der Waals surface area (Å²) in [5.41, 5.74) is 2.56. The second-order valence-electron chi connectivity index (χ2n) is 6.27. The summed E-state index contributed by atoms with van der Waals surface area (Å²) in [4.78, 5) is 31.7. The number of benzene rings is 2. The van der Waals surface area contributed by atoms with Crippen LogP contribution in [0.4, 0.5) is 5.69 Å². The van der Waals surface area contributed by atoms with Gasteiger partial charge < -0.3 is 5.32 Å². The monoisotopic (exact) mass is 389 g/mol. The van der Waals surface area contributed by atoms with E-state index in [-0.39, 0.29) is 24.1 Å². The number of aromatic nitrogens is 1. The van der Waals surface area contributed by atoms with Crippen LogP contribution in [0, 0.1) is 0 Å². The molecule has 6 heteroatoms. The van der Waals surface area contributed by atoms with Gasteiger partial charge in [-0.25, -0.2) is 0 Å². The summed E-state index contributed by atoms with van der Waals surface area (Å²) < 4.78 is 0. The lowest BCUT2D eigenvalue weighted by atomic mass is 10.0.